The third-order valence-corrected chi connectivity index (χ3v) is 13.0. The maximum Gasteiger partial charge on any atom is 0.386 e. The number of benzene rings is 2. The van der Waals surface area contributed by atoms with Crippen molar-refractivity contribution in [2.24, 2.45) is 0 Å². The molecule has 48 heavy (non-hydrogen) atoms. The zero-order valence-corrected chi connectivity index (χ0v) is 31.5. The highest BCUT2D eigenvalue weighted by molar-refractivity contribution is 8.44. The van der Waals surface area contributed by atoms with Crippen molar-refractivity contribution in [3.05, 3.63) is 54.9 Å². The van der Waals surface area contributed by atoms with Crippen molar-refractivity contribution in [3.8, 4) is 0 Å². The van der Waals surface area contributed by atoms with E-state index < -0.39 is 75.9 Å². The van der Waals surface area contributed by atoms with E-state index >= 15 is 0 Å². The fraction of sp³-hybridized carbons (Fsp3) is 0.417. The maximum absolute atomic E-state index is 13.7. The van der Waals surface area contributed by atoms with Gasteiger partial charge in [0, 0.05) is 0 Å². The van der Waals surface area contributed by atoms with E-state index in [1.807, 2.05) is 0 Å². The van der Waals surface area contributed by atoms with E-state index in [9.17, 15) is 19.3 Å². The summed E-state index contributed by atoms with van der Waals surface area (Å²) >= 11 is 45.9. The quantitative estimate of drug-likeness (QED) is 0.117. The number of aliphatic hydroxyl groups excluding tert-OH is 2. The number of thiol groups is 2. The van der Waals surface area contributed by atoms with Crippen molar-refractivity contribution < 1.29 is 46.9 Å². The van der Waals surface area contributed by atoms with Gasteiger partial charge in [0.15, 0.2) is 12.5 Å². The second-order valence-corrected chi connectivity index (χ2v) is 18.8. The SMILES string of the molecule is O=P1(S)OC[C@H]2O[C@@H](n3c(Cl)nc4cc(Cl)c(Cl)cc43)C(O)C2OP(=O)(S)OC[C@H]2O[C@@H](n3c(Cl)nc4cc(Cl)c(Cl)cc43)C(O1)C2O. The van der Waals surface area contributed by atoms with Gasteiger partial charge in [-0.2, -0.15) is 0 Å². The number of ether oxygens (including phenoxy) is 2. The Morgan fingerprint density at radius 3 is 1.65 bits per heavy atom. The second-order valence-electron chi connectivity index (χ2n) is 10.8. The minimum Gasteiger partial charge on any atom is -0.387 e. The lowest BCUT2D eigenvalue weighted by atomic mass is 10.1. The molecule has 3 fully saturated rings. The summed E-state index contributed by atoms with van der Waals surface area (Å²) in [6.07, 6.45) is -11.3. The fourth-order valence-electron chi connectivity index (χ4n) is 5.68. The van der Waals surface area contributed by atoms with Crippen LogP contribution in [-0.2, 0) is 36.7 Å². The third-order valence-electron chi connectivity index (χ3n) is 7.82. The van der Waals surface area contributed by atoms with E-state index in [0.717, 1.165) is 0 Å². The Hall–Kier alpha value is -0.0400. The van der Waals surface area contributed by atoms with Crippen LogP contribution in [-0.4, -0.2) is 79.2 Å². The van der Waals surface area contributed by atoms with Gasteiger partial charge in [-0.25, -0.2) is 19.1 Å². The molecule has 10 atom stereocenters. The van der Waals surface area contributed by atoms with Gasteiger partial charge in [0.1, 0.15) is 36.6 Å². The van der Waals surface area contributed by atoms with E-state index in [4.69, 9.17) is 97.2 Å². The summed E-state index contributed by atoms with van der Waals surface area (Å²) < 4.78 is 64.5. The maximum atomic E-state index is 13.7. The Balaban J connectivity index is 1.22. The molecule has 24 heteroatoms. The molecule has 2 aromatic heterocycles. The van der Waals surface area contributed by atoms with Crippen LogP contribution in [0.3, 0.4) is 0 Å². The van der Waals surface area contributed by atoms with Crippen LogP contribution in [0.2, 0.25) is 30.7 Å². The molecule has 0 amide bonds. The van der Waals surface area contributed by atoms with E-state index in [1.165, 1.54) is 33.4 Å². The molecule has 0 spiro atoms. The predicted octanol–water partition coefficient (Wildman–Crippen LogP) is 7.42. The Kier molecular flexibility index (Phi) is 10.2. The Morgan fingerprint density at radius 1 is 0.667 bits per heavy atom. The van der Waals surface area contributed by atoms with Gasteiger partial charge in [-0.05, 0) is 47.5 Å². The van der Waals surface area contributed by atoms with Gasteiger partial charge in [-0.1, -0.05) is 70.9 Å². The lowest BCUT2D eigenvalue weighted by Gasteiger charge is -2.27. The number of halogens is 6. The molecule has 5 heterocycles. The molecule has 0 aliphatic carbocycles. The molecule has 2 N–H and O–H groups in total. The Labute approximate surface area is 311 Å². The lowest BCUT2D eigenvalue weighted by molar-refractivity contribution is -0.0572. The molecule has 3 aliphatic rings. The van der Waals surface area contributed by atoms with Crippen LogP contribution in [0, 0.1) is 0 Å². The van der Waals surface area contributed by atoms with Crippen LogP contribution in [0.1, 0.15) is 12.5 Å². The molecule has 0 saturated carbocycles. The zero-order valence-electron chi connectivity index (χ0n) is 23.3. The van der Waals surface area contributed by atoms with Crippen LogP contribution in [0.15, 0.2) is 24.3 Å². The number of aromatic nitrogens is 4. The molecule has 0 radical (unpaired) electrons. The first-order valence-electron chi connectivity index (χ1n) is 13.6. The van der Waals surface area contributed by atoms with Crippen molar-refractivity contribution in [1.82, 2.24) is 19.1 Å². The standard InChI is InChI=1S/C24H20Cl6N4O10P2S2/c25-7-1-11-13(3-9(7)27)33(23(29)31-11)21-18(36)19-16(42-21)6-40-46(38,48)44-20-17(35)15(5-39-45(37,47)43-19)41-22(20)34-14-4-10(28)8(26)2-12(14)32-24(34)30/h1-4,15-22,35-36H,5-6H2,(H,37,47)(H,38,48)/t15-,16-,17?,18?,19?,20?,21-,22-,45?,46?/m1/s1. The van der Waals surface area contributed by atoms with Gasteiger partial charge < -0.3 is 19.7 Å². The smallest absolute Gasteiger partial charge is 0.386 e. The molecule has 2 aromatic carbocycles. The van der Waals surface area contributed by atoms with Crippen molar-refractivity contribution in [2.45, 2.75) is 49.1 Å². The summed E-state index contributed by atoms with van der Waals surface area (Å²) in [5.74, 6) is 0. The van der Waals surface area contributed by atoms with Crippen LogP contribution >= 0.6 is 108 Å². The van der Waals surface area contributed by atoms with E-state index in [0.29, 0.717) is 22.1 Å². The summed E-state index contributed by atoms with van der Waals surface area (Å²) in [6, 6.07) is 5.89. The number of rotatable bonds is 2. The first-order chi connectivity index (χ1) is 22.5. The largest absolute Gasteiger partial charge is 0.387 e. The molecule has 3 saturated heterocycles. The summed E-state index contributed by atoms with van der Waals surface area (Å²) in [5, 5.41) is 23.2. The minimum atomic E-state index is -4.40. The number of hydrogen-bond donors (Lipinski definition) is 4. The first kappa shape index (κ1) is 36.3. The summed E-state index contributed by atoms with van der Waals surface area (Å²) in [7, 11) is 0. The molecule has 260 valence electrons. The number of fused-ring (bicyclic) bond motifs is 5. The average Bonchev–Trinajstić information content (AvgIpc) is 3.67. The van der Waals surface area contributed by atoms with Gasteiger partial charge in [-0.15, -0.1) is 0 Å². The number of imidazole rings is 2. The topological polar surface area (TPSA) is 166 Å². The molecule has 7 rings (SSSR count). The van der Waals surface area contributed by atoms with Gasteiger partial charge in [0.2, 0.25) is 10.6 Å². The molecule has 4 aromatic rings. The first-order valence-corrected chi connectivity index (χ1v) is 21.2. The van der Waals surface area contributed by atoms with E-state index in [2.05, 4.69) is 34.5 Å². The summed E-state index contributed by atoms with van der Waals surface area (Å²) in [4.78, 5) is 8.50. The number of hydrogen-bond acceptors (Lipinski definition) is 12. The van der Waals surface area contributed by atoms with Crippen molar-refractivity contribution in [3.63, 3.8) is 0 Å². The van der Waals surface area contributed by atoms with Crippen molar-refractivity contribution >= 4 is 130 Å². The van der Waals surface area contributed by atoms with Crippen LogP contribution < -0.4 is 0 Å². The van der Waals surface area contributed by atoms with Crippen molar-refractivity contribution in [2.75, 3.05) is 13.2 Å². The molecular formula is C24H20Cl6N4O10P2S2. The van der Waals surface area contributed by atoms with E-state index in [-0.39, 0.29) is 30.7 Å². The molecule has 2 bridgehead atoms. The van der Waals surface area contributed by atoms with Gasteiger partial charge in [0.05, 0.1) is 55.4 Å². The molecular weight excluding hydrogens is 843 g/mol. The number of nitrogens with zero attached hydrogens (tertiary/aromatic N) is 4. The Morgan fingerprint density at radius 2 is 1.10 bits per heavy atom. The summed E-state index contributed by atoms with van der Waals surface area (Å²) in [6.45, 7) is -9.95. The molecule has 3 aliphatic heterocycles. The monoisotopic (exact) mass is 860 g/mol. The van der Waals surface area contributed by atoms with Gasteiger partial charge in [0.25, 0.3) is 0 Å². The highest BCUT2D eigenvalue weighted by Gasteiger charge is 2.53. The molecule has 14 nitrogen and oxygen atoms in total. The highest BCUT2D eigenvalue weighted by Crippen LogP contribution is 2.60. The number of aliphatic hydroxyl groups is 2. The van der Waals surface area contributed by atoms with Crippen molar-refractivity contribution in [1.29, 1.82) is 0 Å². The van der Waals surface area contributed by atoms with Crippen LogP contribution in [0.5, 0.6) is 0 Å². The van der Waals surface area contributed by atoms with E-state index in [1.54, 1.807) is 0 Å². The summed E-state index contributed by atoms with van der Waals surface area (Å²) in [5.41, 5.74) is 1.33. The minimum absolute atomic E-state index is 0.112. The zero-order chi connectivity index (χ0) is 34.4. The predicted molar refractivity (Wildman–Crippen MR) is 184 cm³/mol. The molecule has 6 unspecified atom stereocenters. The van der Waals surface area contributed by atoms with Crippen LogP contribution in [0.4, 0.5) is 0 Å². The highest BCUT2D eigenvalue weighted by atomic mass is 35.5. The van der Waals surface area contributed by atoms with Gasteiger partial charge in [-0.3, -0.25) is 27.2 Å². The average molecular weight is 863 g/mol. The normalized spacial score (nSPS) is 36.2. The fourth-order valence-corrected chi connectivity index (χ4v) is 9.82. The third kappa shape index (κ3) is 6.68. The van der Waals surface area contributed by atoms with Gasteiger partial charge >= 0.3 is 13.6 Å². The van der Waals surface area contributed by atoms with Crippen LogP contribution in [0.25, 0.3) is 22.1 Å². The Bertz CT molecular complexity index is 2040. The second kappa shape index (κ2) is 13.4. The lowest BCUT2D eigenvalue weighted by Crippen LogP contribution is -2.36.